The molecule has 1 aromatic heterocycles. The van der Waals surface area contributed by atoms with Gasteiger partial charge in [0.1, 0.15) is 64.9 Å². The third-order valence-corrected chi connectivity index (χ3v) is 19.4. The predicted molar refractivity (Wildman–Crippen MR) is 397 cm³/mol. The standard InChI is InChI=1S/C72H97BF2N14O17S/c1-7-42(4)63-70(101)84-51(29-32-58(77)92)66(97)82-50(28-31-57(76)91)67(98)85-53(41-107-37-13-16-61(95)81-52(68(99)86-63)38-44-19-25-47(104-6)26-20-44)71(102)89-35-12-15-54(89)69(100)83-49(65(96)80-40-59(78)93)14-10-11-34-79-60(94)33-36-87(5)45-22-17-43(18-23-45)21-30-55(90)62-64(106-73(74)75)48-27-24-46(88(8-2)9-3)39-56(48)105-72(62)103/h17-27,30,39,42,49-54,63H,7-16,28-29,31-38,40-41H2,1-6H3,(H2,76,91)(H2,77,92)(H2,78,93)(H,79,94)(H,80,96)(H,81,95)(H,82,97)(H,83,100)(H,84,101)(H,85,98)(H,86,99)/b30-21+/t42?,49-,50-,51?,52-,53-,54-,63?/m0/s1. The van der Waals surface area contributed by atoms with Gasteiger partial charge in [0.2, 0.25) is 70.9 Å². The van der Waals surface area contributed by atoms with Crippen LogP contribution in [-0.4, -0.2) is 196 Å². The molecule has 3 aromatic carbocycles. The second kappa shape index (κ2) is 42.5. The molecule has 8 atom stereocenters. The number of rotatable bonds is 34. The molecule has 31 nitrogen and oxygen atoms in total. The zero-order valence-corrected chi connectivity index (χ0v) is 61.8. The highest BCUT2D eigenvalue weighted by atomic mass is 32.2. The molecule has 0 bridgehead atoms. The number of hydrogen-bond donors (Lipinski definition) is 11. The van der Waals surface area contributed by atoms with Crippen molar-refractivity contribution in [2.45, 2.75) is 160 Å². The van der Waals surface area contributed by atoms with Gasteiger partial charge in [-0.1, -0.05) is 50.6 Å². The number of halogens is 2. The van der Waals surface area contributed by atoms with Crippen LogP contribution < -0.4 is 84.6 Å². The van der Waals surface area contributed by atoms with Gasteiger partial charge < -0.3 is 88.2 Å². The minimum atomic E-state index is -3.35. The third kappa shape index (κ3) is 26.4. The lowest BCUT2D eigenvalue weighted by Crippen LogP contribution is -2.61. The van der Waals surface area contributed by atoms with Crippen molar-refractivity contribution < 1.29 is 84.8 Å². The number of likely N-dealkylation sites (tertiary alicyclic amines) is 1. The van der Waals surface area contributed by atoms with Crippen molar-refractivity contribution in [2.75, 3.05) is 74.7 Å². The number of allylic oxidation sites excluding steroid dienone is 1. The molecule has 580 valence electrons. The predicted octanol–water partition coefficient (Wildman–Crippen LogP) is 1.81. The largest absolute Gasteiger partial charge is 0.796 e. The molecule has 6 rings (SSSR count). The van der Waals surface area contributed by atoms with E-state index in [9.17, 15) is 75.8 Å². The SMILES string of the molecule is CCC(C)C1NC(=O)[C@H](Cc2ccc(OC)cc2)NC(=O)CCCSC[C@@H](C(=O)N2CCC[C@H]2C(=O)N[C@@H](CCCCNC(=O)CCN(C)c2ccc(/C=C/C(=O)c3c(OB(F)F)c4ccc(N(CC)CC)cc4oc3=O)cc2)C(=O)NCC(N)=O)NC(=O)[C@H](CCC(N)=O)NC(=O)C(CCC(N)=O)NC1=O. The number of thioether (sulfide) groups is 1. The minimum absolute atomic E-state index is 0.00470. The Morgan fingerprint density at radius 2 is 1.41 bits per heavy atom. The van der Waals surface area contributed by atoms with Crippen molar-refractivity contribution >= 4 is 124 Å². The van der Waals surface area contributed by atoms with Crippen LogP contribution in [0.1, 0.15) is 133 Å². The Morgan fingerprint density at radius 3 is 2.04 bits per heavy atom. The fraction of sp³-hybridized carbons (Fsp3) is 0.500. The van der Waals surface area contributed by atoms with Crippen LogP contribution >= 0.6 is 11.8 Å². The van der Waals surface area contributed by atoms with E-state index in [1.54, 1.807) is 80.4 Å². The van der Waals surface area contributed by atoms with Crippen LogP contribution in [0.2, 0.25) is 0 Å². The van der Waals surface area contributed by atoms with Gasteiger partial charge in [-0.05, 0) is 130 Å². The number of carbonyl (C=O) groups is 13. The summed E-state index contributed by atoms with van der Waals surface area (Å²) < 4.78 is 42.9. The summed E-state index contributed by atoms with van der Waals surface area (Å²) in [5.41, 5.74) is 17.0. The zero-order valence-electron chi connectivity index (χ0n) is 60.9. The molecule has 0 saturated carbocycles. The first-order valence-corrected chi connectivity index (χ1v) is 36.8. The number of fused-ring (bicyclic) bond motifs is 1. The molecule has 3 unspecified atom stereocenters. The molecule has 0 spiro atoms. The number of ether oxygens (including phenoxy) is 1. The van der Waals surface area contributed by atoms with E-state index >= 15 is 0 Å². The highest BCUT2D eigenvalue weighted by molar-refractivity contribution is 7.99. The maximum atomic E-state index is 14.9. The number of benzene rings is 3. The van der Waals surface area contributed by atoms with Crippen molar-refractivity contribution in [3.05, 3.63) is 99.9 Å². The molecule has 2 aliphatic rings. The van der Waals surface area contributed by atoms with E-state index in [4.69, 9.17) is 31.0 Å². The normalized spacial score (nSPS) is 19.0. The Balaban J connectivity index is 1.10. The summed E-state index contributed by atoms with van der Waals surface area (Å²) in [5.74, 6) is -10.8. The average Bonchev–Trinajstić information content (AvgIpc) is 1.05. The highest BCUT2D eigenvalue weighted by Gasteiger charge is 2.41. The van der Waals surface area contributed by atoms with Crippen LogP contribution in [0, 0.1) is 5.92 Å². The molecule has 2 fully saturated rings. The Labute approximate surface area is 623 Å². The summed E-state index contributed by atoms with van der Waals surface area (Å²) in [5, 5.41) is 21.3. The highest BCUT2D eigenvalue weighted by Crippen LogP contribution is 2.33. The maximum Gasteiger partial charge on any atom is 0.796 e. The van der Waals surface area contributed by atoms with E-state index in [2.05, 4.69) is 42.5 Å². The fourth-order valence-corrected chi connectivity index (χ4v) is 13.0. The first-order valence-electron chi connectivity index (χ1n) is 35.6. The summed E-state index contributed by atoms with van der Waals surface area (Å²) in [6.45, 7) is 8.40. The number of nitrogens with one attached hydrogen (secondary N) is 8. The number of methoxy groups -OCH3 is 1. The van der Waals surface area contributed by atoms with Gasteiger partial charge in [-0.3, -0.25) is 62.3 Å². The first-order chi connectivity index (χ1) is 51.0. The van der Waals surface area contributed by atoms with Crippen LogP contribution in [0.25, 0.3) is 17.0 Å². The number of nitrogens with zero attached hydrogens (tertiary/aromatic N) is 3. The van der Waals surface area contributed by atoms with Crippen molar-refractivity contribution in [2.24, 2.45) is 23.1 Å². The fourth-order valence-electron chi connectivity index (χ4n) is 12.0. The molecule has 14 N–H and O–H groups in total. The topological polar surface area (TPSA) is 455 Å². The van der Waals surface area contributed by atoms with Crippen molar-refractivity contribution in [3.63, 3.8) is 0 Å². The Hall–Kier alpha value is -10.6. The molecule has 2 aliphatic heterocycles. The van der Waals surface area contributed by atoms with E-state index < -0.39 is 169 Å². The molecule has 107 heavy (non-hydrogen) atoms. The molecule has 3 heterocycles. The number of primary amides is 3. The molecule has 2 saturated heterocycles. The van der Waals surface area contributed by atoms with Crippen LogP contribution in [0.5, 0.6) is 11.5 Å². The van der Waals surface area contributed by atoms with E-state index in [-0.39, 0.29) is 99.4 Å². The maximum absolute atomic E-state index is 14.9. The smallest absolute Gasteiger partial charge is 0.504 e. The number of ketones is 1. The average molecular weight is 1510 g/mol. The summed E-state index contributed by atoms with van der Waals surface area (Å²) >= 11 is 1.16. The molecule has 4 aromatic rings. The lowest BCUT2D eigenvalue weighted by molar-refractivity contribution is -0.142. The van der Waals surface area contributed by atoms with Crippen molar-refractivity contribution in [1.29, 1.82) is 0 Å². The third-order valence-electron chi connectivity index (χ3n) is 18.3. The van der Waals surface area contributed by atoms with Gasteiger partial charge in [-0.2, -0.15) is 11.8 Å². The number of amides is 12. The molecule has 12 amide bonds. The summed E-state index contributed by atoms with van der Waals surface area (Å²) in [6, 6.07) is 8.57. The van der Waals surface area contributed by atoms with Gasteiger partial charge >= 0.3 is 13.1 Å². The summed E-state index contributed by atoms with van der Waals surface area (Å²) in [4.78, 5) is 195. The Kier molecular flexibility index (Phi) is 33.9. The lowest BCUT2D eigenvalue weighted by Gasteiger charge is -2.31. The number of hydrogen-bond acceptors (Lipinski definition) is 20. The Bertz CT molecular complexity index is 3910. The van der Waals surface area contributed by atoms with Gasteiger partial charge in [0, 0.05) is 95.1 Å². The quantitative estimate of drug-likeness (QED) is 0.0104. The van der Waals surface area contributed by atoms with Gasteiger partial charge in [-0.25, -0.2) is 13.4 Å². The molecular formula is C72H97BF2N14O17S. The van der Waals surface area contributed by atoms with Crippen LogP contribution in [0.15, 0.2) is 82.0 Å². The number of carbonyl (C=O) groups excluding carboxylic acids is 13. The Morgan fingerprint density at radius 1 is 0.766 bits per heavy atom. The number of nitrogens with two attached hydrogens (primary N) is 3. The molecule has 0 radical (unpaired) electrons. The van der Waals surface area contributed by atoms with E-state index in [1.165, 1.54) is 30.2 Å². The second-order valence-electron chi connectivity index (χ2n) is 26.0. The van der Waals surface area contributed by atoms with Crippen molar-refractivity contribution in [3.8, 4) is 11.5 Å². The lowest BCUT2D eigenvalue weighted by atomic mass is 9.96. The van der Waals surface area contributed by atoms with Gasteiger partial charge in [0.05, 0.1) is 19.0 Å². The second-order valence-corrected chi connectivity index (χ2v) is 27.1. The van der Waals surface area contributed by atoms with Crippen LogP contribution in [0.3, 0.4) is 0 Å². The van der Waals surface area contributed by atoms with Crippen LogP contribution in [-0.2, 0) is 64.0 Å². The van der Waals surface area contributed by atoms with E-state index in [0.717, 1.165) is 17.8 Å². The van der Waals surface area contributed by atoms with E-state index in [0.29, 0.717) is 60.6 Å². The van der Waals surface area contributed by atoms with Crippen molar-refractivity contribution in [1.82, 2.24) is 47.4 Å². The summed E-state index contributed by atoms with van der Waals surface area (Å²) in [7, 11) is -0.106. The monoisotopic (exact) mass is 1510 g/mol. The minimum Gasteiger partial charge on any atom is -0.504 e. The first kappa shape index (κ1) is 85.3. The molecular weight excluding hydrogens is 1410 g/mol. The van der Waals surface area contributed by atoms with Crippen LogP contribution in [0.4, 0.5) is 20.0 Å². The van der Waals surface area contributed by atoms with E-state index in [1.807, 2.05) is 18.7 Å². The van der Waals surface area contributed by atoms with Gasteiger partial charge in [-0.15, -0.1) is 0 Å². The van der Waals surface area contributed by atoms with Gasteiger partial charge in [0.15, 0.2) is 5.78 Å². The zero-order chi connectivity index (χ0) is 78.4. The number of unbranched alkanes of at least 4 members (excludes halogenated alkanes) is 1. The van der Waals surface area contributed by atoms with Gasteiger partial charge in [0.25, 0.3) is 0 Å². The number of anilines is 2. The summed E-state index contributed by atoms with van der Waals surface area (Å²) in [6.07, 6.45) is 2.20. The molecule has 35 heteroatoms. The molecule has 0 aliphatic carbocycles.